The van der Waals surface area contributed by atoms with Crippen molar-refractivity contribution >= 4 is 17.7 Å². The molecule has 0 unspecified atom stereocenters. The molecule has 1 aromatic rings. The number of aromatic nitrogens is 3. The fourth-order valence-electron chi connectivity index (χ4n) is 2.07. The number of carbonyl (C=O) groups excluding carboxylic acids is 1. The van der Waals surface area contributed by atoms with Crippen molar-refractivity contribution < 1.29 is 4.79 Å². The van der Waals surface area contributed by atoms with Crippen LogP contribution < -0.4 is 5.32 Å². The molecule has 0 bridgehead atoms. The third-order valence-electron chi connectivity index (χ3n) is 3.00. The molecule has 1 aliphatic rings. The molecule has 0 fully saturated rings. The number of aryl methyl sites for hydroxylation is 1. The summed E-state index contributed by atoms with van der Waals surface area (Å²) in [6.07, 6.45) is 5.76. The predicted molar refractivity (Wildman–Crippen MR) is 71.6 cm³/mol. The number of nitrogens with one attached hydrogen (secondary N) is 1. The predicted octanol–water partition coefficient (Wildman–Crippen LogP) is 1.62. The number of nitrogens with zero attached hydrogens (tertiary/aromatic N) is 3. The Balaban J connectivity index is 1.79. The lowest BCUT2D eigenvalue weighted by Gasteiger charge is -2.06. The number of hydrogen-bond donors (Lipinski definition) is 1. The van der Waals surface area contributed by atoms with E-state index >= 15 is 0 Å². The Morgan fingerprint density at radius 3 is 3.11 bits per heavy atom. The summed E-state index contributed by atoms with van der Waals surface area (Å²) in [4.78, 5) is 10.7. The number of thioether (sulfide) groups is 1. The molecule has 1 aliphatic heterocycles. The summed E-state index contributed by atoms with van der Waals surface area (Å²) in [7, 11) is 0. The minimum absolute atomic E-state index is 0.0383. The summed E-state index contributed by atoms with van der Waals surface area (Å²) in [6.45, 7) is 3.34. The highest BCUT2D eigenvalue weighted by Crippen LogP contribution is 2.21. The van der Waals surface area contributed by atoms with Gasteiger partial charge in [-0.25, -0.2) is 0 Å². The number of hydrogen-bond acceptors (Lipinski definition) is 4. The second-order valence-electron chi connectivity index (χ2n) is 4.55. The molecule has 5 nitrogen and oxygen atoms in total. The van der Waals surface area contributed by atoms with E-state index in [1.165, 1.54) is 19.3 Å². The normalized spacial score (nSPS) is 14.9. The van der Waals surface area contributed by atoms with Crippen LogP contribution in [0.3, 0.4) is 0 Å². The van der Waals surface area contributed by atoms with Crippen LogP contribution in [-0.2, 0) is 17.8 Å². The van der Waals surface area contributed by atoms with Crippen LogP contribution in [0, 0.1) is 0 Å². The number of rotatable bonds is 5. The van der Waals surface area contributed by atoms with E-state index in [-0.39, 0.29) is 5.91 Å². The van der Waals surface area contributed by atoms with E-state index in [0.29, 0.717) is 0 Å². The van der Waals surface area contributed by atoms with Crippen LogP contribution >= 0.6 is 11.8 Å². The summed E-state index contributed by atoms with van der Waals surface area (Å²) < 4.78 is 2.26. The van der Waals surface area contributed by atoms with Crippen molar-refractivity contribution in [3.63, 3.8) is 0 Å². The molecule has 0 spiro atoms. The first-order chi connectivity index (χ1) is 8.77. The largest absolute Gasteiger partial charge is 0.356 e. The monoisotopic (exact) mass is 268 g/mol. The molecular formula is C12H20N4OS. The second kappa shape index (κ2) is 6.78. The van der Waals surface area contributed by atoms with Gasteiger partial charge in [-0.2, -0.15) is 0 Å². The lowest BCUT2D eigenvalue weighted by Crippen LogP contribution is -2.21. The van der Waals surface area contributed by atoms with E-state index in [4.69, 9.17) is 0 Å². The van der Waals surface area contributed by atoms with Crippen molar-refractivity contribution in [1.82, 2.24) is 20.1 Å². The maximum Gasteiger partial charge on any atom is 0.216 e. The van der Waals surface area contributed by atoms with Crippen molar-refractivity contribution in [3.05, 3.63) is 5.82 Å². The van der Waals surface area contributed by atoms with E-state index in [9.17, 15) is 4.79 Å². The summed E-state index contributed by atoms with van der Waals surface area (Å²) in [5.41, 5.74) is 0. The molecule has 1 N–H and O–H groups in total. The summed E-state index contributed by atoms with van der Waals surface area (Å²) in [5, 5.41) is 12.4. The minimum Gasteiger partial charge on any atom is -0.356 e. The molecule has 0 aromatic carbocycles. The van der Waals surface area contributed by atoms with Crippen molar-refractivity contribution in [2.24, 2.45) is 0 Å². The highest BCUT2D eigenvalue weighted by Gasteiger charge is 2.14. The molecule has 0 aliphatic carbocycles. The van der Waals surface area contributed by atoms with Crippen molar-refractivity contribution in [1.29, 1.82) is 0 Å². The molecule has 1 aromatic heterocycles. The Labute approximate surface area is 112 Å². The lowest BCUT2D eigenvalue weighted by molar-refractivity contribution is -0.118. The molecule has 18 heavy (non-hydrogen) atoms. The molecule has 0 radical (unpaired) electrons. The van der Waals surface area contributed by atoms with Crippen molar-refractivity contribution in [2.45, 2.75) is 50.7 Å². The Bertz CT molecular complexity index is 405. The van der Waals surface area contributed by atoms with Gasteiger partial charge in [0.25, 0.3) is 0 Å². The Hall–Kier alpha value is -1.04. The first-order valence-electron chi connectivity index (χ1n) is 6.56. The maximum atomic E-state index is 10.7. The van der Waals surface area contributed by atoms with Crippen LogP contribution in [0.1, 0.15) is 38.4 Å². The van der Waals surface area contributed by atoms with Crippen molar-refractivity contribution in [3.8, 4) is 0 Å². The van der Waals surface area contributed by atoms with E-state index < -0.39 is 0 Å². The Morgan fingerprint density at radius 1 is 1.39 bits per heavy atom. The molecular weight excluding hydrogens is 248 g/mol. The molecule has 100 valence electrons. The van der Waals surface area contributed by atoms with Crippen LogP contribution in [-0.4, -0.2) is 33.0 Å². The quantitative estimate of drug-likeness (QED) is 0.651. The molecule has 2 heterocycles. The smallest absolute Gasteiger partial charge is 0.216 e. The SMILES string of the molecule is CC(=O)NCCCSc1nnc2n1CCCCC2. The lowest BCUT2D eigenvalue weighted by atomic mass is 10.2. The molecule has 2 rings (SSSR count). The number of fused-ring (bicyclic) bond motifs is 1. The molecule has 0 atom stereocenters. The van der Waals surface area contributed by atoms with Gasteiger partial charge < -0.3 is 9.88 Å². The van der Waals surface area contributed by atoms with Crippen LogP contribution in [0.15, 0.2) is 5.16 Å². The van der Waals surface area contributed by atoms with Gasteiger partial charge in [-0.3, -0.25) is 4.79 Å². The fourth-order valence-corrected chi connectivity index (χ4v) is 2.99. The molecule has 0 saturated heterocycles. The molecule has 1 amide bonds. The fraction of sp³-hybridized carbons (Fsp3) is 0.750. The van der Waals surface area contributed by atoms with Crippen LogP contribution in [0.5, 0.6) is 0 Å². The van der Waals surface area contributed by atoms with Gasteiger partial charge in [-0.15, -0.1) is 10.2 Å². The van der Waals surface area contributed by atoms with Crippen LogP contribution in [0.25, 0.3) is 0 Å². The third-order valence-corrected chi connectivity index (χ3v) is 4.05. The van der Waals surface area contributed by atoms with Gasteiger partial charge in [0.05, 0.1) is 0 Å². The van der Waals surface area contributed by atoms with Gasteiger partial charge in [0.1, 0.15) is 5.82 Å². The zero-order valence-corrected chi connectivity index (χ0v) is 11.6. The van der Waals surface area contributed by atoms with Gasteiger partial charge in [0.15, 0.2) is 5.16 Å². The van der Waals surface area contributed by atoms with Crippen molar-refractivity contribution in [2.75, 3.05) is 12.3 Å². The first-order valence-corrected chi connectivity index (χ1v) is 7.55. The summed E-state index contributed by atoms with van der Waals surface area (Å²) >= 11 is 1.74. The van der Waals surface area contributed by atoms with E-state index in [1.54, 1.807) is 18.7 Å². The average Bonchev–Trinajstić information content (AvgIpc) is 2.58. The minimum atomic E-state index is 0.0383. The zero-order valence-electron chi connectivity index (χ0n) is 10.8. The highest BCUT2D eigenvalue weighted by molar-refractivity contribution is 7.99. The van der Waals surface area contributed by atoms with Gasteiger partial charge in [-0.1, -0.05) is 18.2 Å². The van der Waals surface area contributed by atoms with Gasteiger partial charge in [0, 0.05) is 32.2 Å². The van der Waals surface area contributed by atoms with E-state index in [1.807, 2.05) is 0 Å². The molecule has 6 heteroatoms. The van der Waals surface area contributed by atoms with Gasteiger partial charge in [0.2, 0.25) is 5.91 Å². The second-order valence-corrected chi connectivity index (χ2v) is 5.61. The standard InChI is InChI=1S/C12H20N4OS/c1-10(17)13-7-5-9-18-12-15-14-11-6-3-2-4-8-16(11)12/h2-9H2,1H3,(H,13,17). The number of amides is 1. The van der Waals surface area contributed by atoms with Gasteiger partial charge >= 0.3 is 0 Å². The topological polar surface area (TPSA) is 59.8 Å². The highest BCUT2D eigenvalue weighted by atomic mass is 32.2. The Morgan fingerprint density at radius 2 is 2.28 bits per heavy atom. The van der Waals surface area contributed by atoms with E-state index in [0.717, 1.165) is 42.7 Å². The summed E-state index contributed by atoms with van der Waals surface area (Å²) in [5.74, 6) is 2.14. The van der Waals surface area contributed by atoms with Crippen LogP contribution in [0.2, 0.25) is 0 Å². The average molecular weight is 268 g/mol. The zero-order chi connectivity index (χ0) is 12.8. The Kier molecular flexibility index (Phi) is 5.04. The van der Waals surface area contributed by atoms with E-state index in [2.05, 4.69) is 20.1 Å². The maximum absolute atomic E-state index is 10.7. The summed E-state index contributed by atoms with van der Waals surface area (Å²) in [6, 6.07) is 0. The first kappa shape index (κ1) is 13.4. The van der Waals surface area contributed by atoms with Crippen LogP contribution in [0.4, 0.5) is 0 Å². The third kappa shape index (κ3) is 3.73. The number of carbonyl (C=O) groups is 1. The van der Waals surface area contributed by atoms with Gasteiger partial charge in [-0.05, 0) is 19.3 Å². The molecule has 0 saturated carbocycles.